The van der Waals surface area contributed by atoms with E-state index < -0.39 is 0 Å². The molecule has 0 saturated heterocycles. The topological polar surface area (TPSA) is 36.1 Å². The van der Waals surface area contributed by atoms with Crippen LogP contribution in [0.1, 0.15) is 0 Å². The van der Waals surface area contributed by atoms with Crippen LogP contribution < -0.4 is 20.8 Å². The molecule has 0 spiro atoms. The molecule has 78 valence electrons. The molecule has 0 heterocycles. The van der Waals surface area contributed by atoms with E-state index in [1.807, 2.05) is 14.1 Å². The van der Waals surface area contributed by atoms with Crippen molar-refractivity contribution in [3.63, 3.8) is 0 Å². The molecule has 3 nitrogen and oxygen atoms in total. The summed E-state index contributed by atoms with van der Waals surface area (Å²) >= 11 is 0. The molecule has 0 fully saturated rings. The van der Waals surface area contributed by atoms with Gasteiger partial charge in [-0.3, -0.25) is 0 Å². The van der Waals surface area contributed by atoms with E-state index in [9.17, 15) is 0 Å². The summed E-state index contributed by atoms with van der Waals surface area (Å²) in [4.78, 5) is 3.52. The Balaban J connectivity index is 2.21. The van der Waals surface area contributed by atoms with E-state index in [1.165, 1.54) is 5.19 Å². The number of likely N-dealkylation sites (N-methyl/N-ethyl adjacent to an activating group) is 2. The summed E-state index contributed by atoms with van der Waals surface area (Å²) in [6, 6.07) is 10.6. The predicted octanol–water partition coefficient (Wildman–Crippen LogP) is -1.25. The molecule has 0 aliphatic heterocycles. The molecule has 14 heavy (non-hydrogen) atoms. The zero-order chi connectivity index (χ0) is 10.2. The Morgan fingerprint density at radius 2 is 1.79 bits per heavy atom. The molecular formula is C10H19N3Si. The van der Waals surface area contributed by atoms with Gasteiger partial charge in [-0.2, -0.15) is 0 Å². The fourth-order valence-corrected chi connectivity index (χ4v) is 2.53. The van der Waals surface area contributed by atoms with Gasteiger partial charge in [0.1, 0.15) is 9.68 Å². The maximum Gasteiger partial charge on any atom is 0.124 e. The maximum atomic E-state index is 3.52. The van der Waals surface area contributed by atoms with E-state index in [0.717, 1.165) is 6.54 Å². The highest BCUT2D eigenvalue weighted by molar-refractivity contribution is 6.50. The third-order valence-corrected chi connectivity index (χ3v) is 3.64. The Kier molecular flexibility index (Phi) is 5.47. The lowest BCUT2D eigenvalue weighted by Gasteiger charge is -2.15. The van der Waals surface area contributed by atoms with Gasteiger partial charge < -0.3 is 15.6 Å². The maximum absolute atomic E-state index is 3.52. The van der Waals surface area contributed by atoms with Gasteiger partial charge >= 0.3 is 0 Å². The van der Waals surface area contributed by atoms with Crippen molar-refractivity contribution in [3.05, 3.63) is 30.3 Å². The van der Waals surface area contributed by atoms with Crippen LogP contribution in [0.15, 0.2) is 30.3 Å². The van der Waals surface area contributed by atoms with Gasteiger partial charge in [-0.1, -0.05) is 35.5 Å². The largest absolute Gasteiger partial charge is 0.336 e. The third kappa shape index (κ3) is 4.02. The molecule has 1 aromatic carbocycles. The summed E-state index contributed by atoms with van der Waals surface area (Å²) in [7, 11) is 3.63. The Labute approximate surface area is 88.2 Å². The van der Waals surface area contributed by atoms with Crippen molar-refractivity contribution in [3.8, 4) is 0 Å². The number of rotatable bonds is 6. The van der Waals surface area contributed by atoms with Gasteiger partial charge in [-0.15, -0.1) is 0 Å². The number of nitrogens with one attached hydrogen (secondary N) is 3. The molecule has 0 radical (unpaired) electrons. The second-order valence-corrected chi connectivity index (χ2v) is 4.92. The Morgan fingerprint density at radius 3 is 2.36 bits per heavy atom. The van der Waals surface area contributed by atoms with E-state index >= 15 is 0 Å². The van der Waals surface area contributed by atoms with Crippen LogP contribution in [0.5, 0.6) is 0 Å². The number of hydrogen-bond acceptors (Lipinski definition) is 3. The second kappa shape index (κ2) is 6.72. The fourth-order valence-electron chi connectivity index (χ4n) is 1.31. The highest BCUT2D eigenvalue weighted by atomic mass is 28.2. The van der Waals surface area contributed by atoms with Crippen molar-refractivity contribution >= 4 is 14.9 Å². The summed E-state index contributed by atoms with van der Waals surface area (Å²) in [5.74, 6) is 0. The van der Waals surface area contributed by atoms with E-state index in [0.29, 0.717) is 6.17 Å². The van der Waals surface area contributed by atoms with E-state index in [4.69, 9.17) is 0 Å². The molecule has 1 aromatic rings. The van der Waals surface area contributed by atoms with Crippen molar-refractivity contribution in [1.29, 1.82) is 0 Å². The van der Waals surface area contributed by atoms with E-state index in [2.05, 4.69) is 45.9 Å². The lowest BCUT2D eigenvalue weighted by molar-refractivity contribution is 0.491. The lowest BCUT2D eigenvalue weighted by atomic mass is 10.4. The van der Waals surface area contributed by atoms with Gasteiger partial charge in [0.15, 0.2) is 0 Å². The standard InChI is InChI=1S/C10H19N3Si/c1-11-10(12-2)8-13-14-9-6-4-3-5-7-9/h3-7,10-13H,8,14H2,1-2H3. The van der Waals surface area contributed by atoms with E-state index in [1.54, 1.807) is 0 Å². The zero-order valence-electron chi connectivity index (χ0n) is 8.88. The molecule has 0 unspecified atom stereocenters. The van der Waals surface area contributed by atoms with Crippen LogP contribution in [0.25, 0.3) is 0 Å². The van der Waals surface area contributed by atoms with Crippen LogP contribution >= 0.6 is 0 Å². The molecule has 0 atom stereocenters. The Hall–Kier alpha value is -0.683. The van der Waals surface area contributed by atoms with Gasteiger partial charge in [0, 0.05) is 6.54 Å². The van der Waals surface area contributed by atoms with E-state index in [-0.39, 0.29) is 9.68 Å². The minimum absolute atomic E-state index is 0.303. The number of benzene rings is 1. The van der Waals surface area contributed by atoms with Gasteiger partial charge in [0.25, 0.3) is 0 Å². The van der Waals surface area contributed by atoms with Gasteiger partial charge in [-0.25, -0.2) is 0 Å². The quantitative estimate of drug-likeness (QED) is 0.405. The highest BCUT2D eigenvalue weighted by Gasteiger charge is 2.00. The van der Waals surface area contributed by atoms with Gasteiger partial charge in [0.2, 0.25) is 0 Å². The monoisotopic (exact) mass is 209 g/mol. The van der Waals surface area contributed by atoms with Crippen molar-refractivity contribution in [2.75, 3.05) is 20.6 Å². The smallest absolute Gasteiger partial charge is 0.124 e. The van der Waals surface area contributed by atoms with Crippen molar-refractivity contribution in [1.82, 2.24) is 15.6 Å². The first-order valence-electron chi connectivity index (χ1n) is 4.96. The first kappa shape index (κ1) is 11.4. The SMILES string of the molecule is CNC(CN[SiH2]c1ccccc1)NC. The lowest BCUT2D eigenvalue weighted by Crippen LogP contribution is -2.48. The molecule has 0 aliphatic carbocycles. The summed E-state index contributed by atoms with van der Waals surface area (Å²) in [6.45, 7) is 0.980. The van der Waals surface area contributed by atoms with Gasteiger partial charge in [0.05, 0.1) is 6.17 Å². The molecule has 0 saturated carbocycles. The molecule has 4 heteroatoms. The molecule has 3 N–H and O–H groups in total. The summed E-state index contributed by atoms with van der Waals surface area (Å²) < 4.78 is 0. The van der Waals surface area contributed by atoms with Crippen LogP contribution in [-0.2, 0) is 0 Å². The summed E-state index contributed by atoms with van der Waals surface area (Å²) in [5, 5.41) is 7.83. The average Bonchev–Trinajstić information content (AvgIpc) is 2.26. The van der Waals surface area contributed by atoms with Crippen molar-refractivity contribution in [2.24, 2.45) is 0 Å². The van der Waals surface area contributed by atoms with Crippen LogP contribution in [0, 0.1) is 0 Å². The first-order valence-corrected chi connectivity index (χ1v) is 6.37. The number of hydrogen-bond donors (Lipinski definition) is 3. The van der Waals surface area contributed by atoms with Crippen molar-refractivity contribution in [2.45, 2.75) is 6.17 Å². The zero-order valence-corrected chi connectivity index (χ0v) is 10.3. The average molecular weight is 209 g/mol. The van der Waals surface area contributed by atoms with Crippen LogP contribution in [0.4, 0.5) is 0 Å². The molecule has 0 bridgehead atoms. The molecule has 1 rings (SSSR count). The Morgan fingerprint density at radius 1 is 1.14 bits per heavy atom. The van der Waals surface area contributed by atoms with Crippen LogP contribution in [0.2, 0.25) is 0 Å². The third-order valence-electron chi connectivity index (χ3n) is 2.22. The van der Waals surface area contributed by atoms with Crippen LogP contribution in [0.3, 0.4) is 0 Å². The second-order valence-electron chi connectivity index (χ2n) is 3.25. The highest BCUT2D eigenvalue weighted by Crippen LogP contribution is 1.79. The minimum atomic E-state index is -0.303. The summed E-state index contributed by atoms with van der Waals surface area (Å²) in [6.07, 6.45) is 0.367. The predicted molar refractivity (Wildman–Crippen MR) is 64.5 cm³/mol. The molecule has 0 amide bonds. The van der Waals surface area contributed by atoms with Gasteiger partial charge in [-0.05, 0) is 14.1 Å². The van der Waals surface area contributed by atoms with Crippen LogP contribution in [-0.4, -0.2) is 36.5 Å². The molecular weight excluding hydrogens is 190 g/mol. The Bertz CT molecular complexity index is 236. The fraction of sp³-hybridized carbons (Fsp3) is 0.400. The van der Waals surface area contributed by atoms with Crippen molar-refractivity contribution < 1.29 is 0 Å². The molecule has 0 aromatic heterocycles. The first-order chi connectivity index (χ1) is 6.86. The molecule has 0 aliphatic rings. The minimum Gasteiger partial charge on any atom is -0.336 e. The normalized spacial score (nSPS) is 11.6. The summed E-state index contributed by atoms with van der Waals surface area (Å²) in [5.41, 5.74) is 0.